The highest BCUT2D eigenvalue weighted by Crippen LogP contribution is 2.59. The predicted molar refractivity (Wildman–Crippen MR) is 113 cm³/mol. The Hall–Kier alpha value is -2.65. The molecule has 150 valence electrons. The van der Waals surface area contributed by atoms with Crippen molar-refractivity contribution in [1.29, 1.82) is 5.26 Å². The van der Waals surface area contributed by atoms with Crippen molar-refractivity contribution in [3.05, 3.63) is 47.7 Å². The molecule has 0 saturated heterocycles. The number of nitriles is 1. The molecule has 4 aliphatic carbocycles. The summed E-state index contributed by atoms with van der Waals surface area (Å²) in [7, 11) is 0. The van der Waals surface area contributed by atoms with Crippen molar-refractivity contribution < 1.29 is 0 Å². The third kappa shape index (κ3) is 3.56. The fourth-order valence-electron chi connectivity index (χ4n) is 6.18. The molecule has 0 radical (unpaired) electrons. The van der Waals surface area contributed by atoms with Gasteiger partial charge in [-0.3, -0.25) is 0 Å². The highest BCUT2D eigenvalue weighted by Gasteiger charge is 2.54. The lowest BCUT2D eigenvalue weighted by Gasteiger charge is -2.59. The van der Waals surface area contributed by atoms with E-state index in [0.717, 1.165) is 12.5 Å². The molecule has 0 spiro atoms. The van der Waals surface area contributed by atoms with E-state index in [1.807, 2.05) is 18.2 Å². The maximum Gasteiger partial charge on any atom is 0.224 e. The standard InChI is InChI=1S/C23H28N6/c24-11-19-13-27-22(26-12-15-4-2-1-3-5-15)29-21(19)28-14-23-8-16-6-17(9-23)20(25)18(7-16)10-23/h1-5,13,16-18,20H,6-10,12,14,25H2,(H2,26,27,28,29)/t16?,17-,18+,20-,23-. The number of nitrogens with zero attached hydrogens (tertiary/aromatic N) is 3. The van der Waals surface area contributed by atoms with E-state index >= 15 is 0 Å². The SMILES string of the molecule is N#Cc1cnc(NCc2ccccc2)nc1NC[C@]12CC3C[C@H](C1)[C@@H](N)[C@@H](C3)C2. The molecule has 6 nitrogen and oxygen atoms in total. The molecule has 6 heteroatoms. The molecule has 4 saturated carbocycles. The number of hydrogen-bond donors (Lipinski definition) is 3. The van der Waals surface area contributed by atoms with Gasteiger partial charge in [-0.25, -0.2) is 4.98 Å². The molecule has 1 heterocycles. The van der Waals surface area contributed by atoms with Crippen LogP contribution in [-0.2, 0) is 6.54 Å². The third-order valence-corrected chi connectivity index (χ3v) is 7.31. The summed E-state index contributed by atoms with van der Waals surface area (Å²) in [5.74, 6) is 3.36. The summed E-state index contributed by atoms with van der Waals surface area (Å²) >= 11 is 0. The smallest absolute Gasteiger partial charge is 0.224 e. The van der Waals surface area contributed by atoms with Crippen molar-refractivity contribution in [2.75, 3.05) is 17.2 Å². The molecule has 29 heavy (non-hydrogen) atoms. The molecule has 4 bridgehead atoms. The summed E-state index contributed by atoms with van der Waals surface area (Å²) in [5.41, 5.74) is 8.46. The summed E-state index contributed by atoms with van der Waals surface area (Å²) in [6.07, 6.45) is 7.93. The number of rotatable bonds is 6. The Morgan fingerprint density at radius 2 is 1.86 bits per heavy atom. The van der Waals surface area contributed by atoms with Crippen LogP contribution in [-0.4, -0.2) is 22.6 Å². The lowest BCUT2D eigenvalue weighted by atomic mass is 9.48. The average molecular weight is 389 g/mol. The fourth-order valence-corrected chi connectivity index (χ4v) is 6.18. The van der Waals surface area contributed by atoms with E-state index in [9.17, 15) is 5.26 Å². The Kier molecular flexibility index (Phi) is 4.63. The Morgan fingerprint density at radius 1 is 1.10 bits per heavy atom. The first kappa shape index (κ1) is 18.4. The van der Waals surface area contributed by atoms with Crippen LogP contribution in [0.15, 0.2) is 36.5 Å². The number of hydrogen-bond acceptors (Lipinski definition) is 6. The molecule has 2 aromatic rings. The molecule has 1 unspecified atom stereocenters. The van der Waals surface area contributed by atoms with Gasteiger partial charge >= 0.3 is 0 Å². The van der Waals surface area contributed by atoms with Crippen LogP contribution in [0.4, 0.5) is 11.8 Å². The highest BCUT2D eigenvalue weighted by molar-refractivity contribution is 5.53. The van der Waals surface area contributed by atoms with Crippen LogP contribution in [0.5, 0.6) is 0 Å². The van der Waals surface area contributed by atoms with E-state index in [0.29, 0.717) is 47.2 Å². The van der Waals surface area contributed by atoms with Gasteiger partial charge in [0.25, 0.3) is 0 Å². The van der Waals surface area contributed by atoms with Crippen LogP contribution in [0.1, 0.15) is 43.2 Å². The summed E-state index contributed by atoms with van der Waals surface area (Å²) in [4.78, 5) is 8.92. The second-order valence-electron chi connectivity index (χ2n) is 9.31. The van der Waals surface area contributed by atoms with Gasteiger partial charge in [0.05, 0.1) is 6.20 Å². The molecule has 6 rings (SSSR count). The van der Waals surface area contributed by atoms with E-state index in [1.165, 1.54) is 37.7 Å². The Labute approximate surface area is 171 Å². The number of benzene rings is 1. The molecule has 4 N–H and O–H groups in total. The van der Waals surface area contributed by atoms with Crippen LogP contribution in [0.2, 0.25) is 0 Å². The zero-order valence-electron chi connectivity index (χ0n) is 16.6. The van der Waals surface area contributed by atoms with Crippen molar-refractivity contribution in [3.8, 4) is 6.07 Å². The summed E-state index contributed by atoms with van der Waals surface area (Å²) < 4.78 is 0. The van der Waals surface area contributed by atoms with Crippen LogP contribution in [0.3, 0.4) is 0 Å². The second-order valence-corrected chi connectivity index (χ2v) is 9.31. The van der Waals surface area contributed by atoms with Gasteiger partial charge in [0, 0.05) is 19.1 Å². The molecular formula is C23H28N6. The van der Waals surface area contributed by atoms with Crippen molar-refractivity contribution in [3.63, 3.8) is 0 Å². The average Bonchev–Trinajstić information content (AvgIpc) is 2.75. The predicted octanol–water partition coefficient (Wildman–Crippen LogP) is 3.53. The molecule has 4 aliphatic rings. The first-order chi connectivity index (χ1) is 14.1. The van der Waals surface area contributed by atoms with Crippen LogP contribution in [0.25, 0.3) is 0 Å². The first-order valence-electron chi connectivity index (χ1n) is 10.7. The molecular weight excluding hydrogens is 360 g/mol. The Morgan fingerprint density at radius 3 is 2.59 bits per heavy atom. The van der Waals surface area contributed by atoms with Crippen molar-refractivity contribution in [1.82, 2.24) is 9.97 Å². The topological polar surface area (TPSA) is 99.6 Å². The Bertz CT molecular complexity index is 905. The van der Waals surface area contributed by atoms with E-state index in [2.05, 4.69) is 38.8 Å². The van der Waals surface area contributed by atoms with Gasteiger partial charge in [-0.15, -0.1) is 0 Å². The summed E-state index contributed by atoms with van der Waals surface area (Å²) in [6.45, 7) is 1.52. The zero-order valence-corrected chi connectivity index (χ0v) is 16.6. The second kappa shape index (κ2) is 7.31. The maximum absolute atomic E-state index is 9.51. The van der Waals surface area contributed by atoms with Gasteiger partial charge in [0.2, 0.25) is 5.95 Å². The molecule has 0 amide bonds. The number of nitrogens with one attached hydrogen (secondary N) is 2. The normalized spacial score (nSPS) is 32.0. The molecule has 1 aromatic heterocycles. The minimum absolute atomic E-state index is 0.307. The van der Waals surface area contributed by atoms with Gasteiger partial charge in [-0.1, -0.05) is 30.3 Å². The zero-order chi connectivity index (χ0) is 19.8. The van der Waals surface area contributed by atoms with E-state index < -0.39 is 0 Å². The fraction of sp³-hybridized carbons (Fsp3) is 0.522. The summed E-state index contributed by atoms with van der Waals surface area (Å²) in [6, 6.07) is 12.8. The van der Waals surface area contributed by atoms with E-state index in [1.54, 1.807) is 6.20 Å². The third-order valence-electron chi connectivity index (χ3n) is 7.31. The quantitative estimate of drug-likeness (QED) is 0.700. The van der Waals surface area contributed by atoms with Crippen molar-refractivity contribution >= 4 is 11.8 Å². The summed E-state index contributed by atoms with van der Waals surface area (Å²) in [5, 5.41) is 16.3. The molecule has 0 aliphatic heterocycles. The maximum atomic E-state index is 9.51. The lowest BCUT2D eigenvalue weighted by Crippen LogP contribution is -2.58. The Balaban J connectivity index is 1.29. The van der Waals surface area contributed by atoms with Gasteiger partial charge in [-0.2, -0.15) is 10.2 Å². The van der Waals surface area contributed by atoms with Crippen LogP contribution >= 0.6 is 0 Å². The van der Waals surface area contributed by atoms with Crippen molar-refractivity contribution in [2.24, 2.45) is 28.9 Å². The first-order valence-corrected chi connectivity index (χ1v) is 10.7. The molecule has 4 fully saturated rings. The van der Waals surface area contributed by atoms with E-state index in [-0.39, 0.29) is 0 Å². The largest absolute Gasteiger partial charge is 0.368 e. The minimum atomic E-state index is 0.307. The van der Waals surface area contributed by atoms with Gasteiger partial charge in [0.1, 0.15) is 17.5 Å². The van der Waals surface area contributed by atoms with Gasteiger partial charge in [-0.05, 0) is 60.8 Å². The number of nitrogens with two attached hydrogens (primary N) is 1. The van der Waals surface area contributed by atoms with Gasteiger partial charge in [0.15, 0.2) is 0 Å². The van der Waals surface area contributed by atoms with Gasteiger partial charge < -0.3 is 16.4 Å². The highest BCUT2D eigenvalue weighted by atomic mass is 15.1. The van der Waals surface area contributed by atoms with Crippen LogP contribution in [0, 0.1) is 34.5 Å². The van der Waals surface area contributed by atoms with Crippen LogP contribution < -0.4 is 16.4 Å². The minimum Gasteiger partial charge on any atom is -0.368 e. The number of aromatic nitrogens is 2. The number of anilines is 2. The van der Waals surface area contributed by atoms with E-state index in [4.69, 9.17) is 5.73 Å². The molecule has 1 aromatic carbocycles. The molecule has 5 atom stereocenters. The van der Waals surface area contributed by atoms with Crippen molar-refractivity contribution in [2.45, 2.75) is 44.7 Å². The monoisotopic (exact) mass is 388 g/mol. The lowest BCUT2D eigenvalue weighted by molar-refractivity contribution is -0.0591.